The molecule has 0 N–H and O–H groups in total. The lowest BCUT2D eigenvalue weighted by Crippen LogP contribution is -2.16. The number of para-hydroxylation sites is 3. The van der Waals surface area contributed by atoms with Crippen LogP contribution in [0, 0.1) is 0 Å². The predicted molar refractivity (Wildman–Crippen MR) is 199 cm³/mol. The molecule has 6 aromatic carbocycles. The molecule has 0 fully saturated rings. The molecule has 226 valence electrons. The Morgan fingerprint density at radius 3 is 1.87 bits per heavy atom. The molecule has 1 aromatic heterocycles. The summed E-state index contributed by atoms with van der Waals surface area (Å²) in [6.45, 7) is 4.70. The highest BCUT2D eigenvalue weighted by Crippen LogP contribution is 2.50. The molecule has 2 nitrogen and oxygen atoms in total. The van der Waals surface area contributed by atoms with E-state index in [-0.39, 0.29) is 5.41 Å². The van der Waals surface area contributed by atoms with Crippen LogP contribution in [-0.2, 0) is 5.41 Å². The van der Waals surface area contributed by atoms with Gasteiger partial charge in [0.15, 0.2) is 0 Å². The van der Waals surface area contributed by atoms with Gasteiger partial charge in [0.1, 0.15) is 0 Å². The van der Waals surface area contributed by atoms with Crippen LogP contribution in [0.1, 0.15) is 42.9 Å². The summed E-state index contributed by atoms with van der Waals surface area (Å²) in [5.74, 6) is 0.338. The lowest BCUT2D eigenvalue weighted by atomic mass is 9.82. The van der Waals surface area contributed by atoms with Gasteiger partial charge in [-0.25, -0.2) is 0 Å². The molecule has 0 aliphatic heterocycles. The molecule has 1 heterocycles. The number of rotatable bonds is 5. The molecule has 2 aliphatic carbocycles. The summed E-state index contributed by atoms with van der Waals surface area (Å²) in [5.41, 5.74) is 14.0. The van der Waals surface area contributed by atoms with Crippen molar-refractivity contribution in [2.45, 2.75) is 31.6 Å². The van der Waals surface area contributed by atoms with Crippen molar-refractivity contribution in [2.75, 3.05) is 4.90 Å². The molecule has 7 aromatic rings. The van der Waals surface area contributed by atoms with Gasteiger partial charge in [0.2, 0.25) is 0 Å². The van der Waals surface area contributed by atoms with Gasteiger partial charge < -0.3 is 9.47 Å². The molecule has 0 radical (unpaired) electrons. The average molecular weight is 605 g/mol. The van der Waals surface area contributed by atoms with E-state index in [1.54, 1.807) is 0 Å². The molecule has 1 unspecified atom stereocenters. The Hall–Kier alpha value is -5.60. The third kappa shape index (κ3) is 4.40. The Morgan fingerprint density at radius 1 is 0.574 bits per heavy atom. The standard InChI is InChI=1S/C45H36N2/c1-45(2)41-17-9-6-14-37(41)38-29-28-36(30-42(38)45)46(33-12-4-3-5-13-33)34-24-20-31(21-25-34)32-22-26-35(27-23-32)47-43-18-10-7-15-39(43)40-16-8-11-19-44(40)47/h3-22,24-30,32H,23H2,1-2H3. The molecule has 47 heavy (non-hydrogen) atoms. The third-order valence-electron chi connectivity index (χ3n) is 10.3. The third-order valence-corrected chi connectivity index (χ3v) is 10.3. The van der Waals surface area contributed by atoms with Crippen LogP contribution in [0.2, 0.25) is 0 Å². The molecule has 1 atom stereocenters. The summed E-state index contributed by atoms with van der Waals surface area (Å²) in [5, 5.41) is 2.60. The van der Waals surface area contributed by atoms with Gasteiger partial charge in [-0.3, -0.25) is 0 Å². The number of benzene rings is 6. The fraction of sp³-hybridized carbons (Fsp3) is 0.111. The number of hydrogen-bond donors (Lipinski definition) is 0. The fourth-order valence-electron chi connectivity index (χ4n) is 7.95. The van der Waals surface area contributed by atoms with Crippen molar-refractivity contribution in [3.05, 3.63) is 181 Å². The Kier molecular flexibility index (Phi) is 6.33. The zero-order valence-electron chi connectivity index (χ0n) is 26.8. The highest BCUT2D eigenvalue weighted by molar-refractivity contribution is 6.10. The Labute approximate surface area is 276 Å². The van der Waals surface area contributed by atoms with Crippen LogP contribution in [0.25, 0.3) is 38.6 Å². The van der Waals surface area contributed by atoms with Crippen LogP contribution in [0.15, 0.2) is 164 Å². The first-order valence-electron chi connectivity index (χ1n) is 16.6. The molecular weight excluding hydrogens is 569 g/mol. The Bertz CT molecular complexity index is 2300. The van der Waals surface area contributed by atoms with Crippen molar-refractivity contribution in [1.29, 1.82) is 0 Å². The number of fused-ring (bicyclic) bond motifs is 6. The van der Waals surface area contributed by atoms with E-state index in [9.17, 15) is 0 Å². The van der Waals surface area contributed by atoms with Crippen molar-refractivity contribution in [1.82, 2.24) is 4.57 Å². The van der Waals surface area contributed by atoms with Gasteiger partial charge in [-0.05, 0) is 88.8 Å². The predicted octanol–water partition coefficient (Wildman–Crippen LogP) is 12.2. The molecule has 0 spiro atoms. The molecule has 2 aliphatic rings. The van der Waals surface area contributed by atoms with E-state index in [4.69, 9.17) is 0 Å². The maximum absolute atomic E-state index is 2.41. The van der Waals surface area contributed by atoms with Crippen molar-refractivity contribution >= 4 is 44.6 Å². The summed E-state index contributed by atoms with van der Waals surface area (Å²) in [7, 11) is 0. The zero-order valence-corrected chi connectivity index (χ0v) is 26.8. The van der Waals surface area contributed by atoms with E-state index in [0.717, 1.165) is 17.8 Å². The zero-order chi connectivity index (χ0) is 31.5. The van der Waals surface area contributed by atoms with Gasteiger partial charge in [0.05, 0.1) is 11.0 Å². The van der Waals surface area contributed by atoms with E-state index < -0.39 is 0 Å². The normalized spacial score (nSPS) is 16.2. The number of hydrogen-bond acceptors (Lipinski definition) is 1. The van der Waals surface area contributed by atoms with Gasteiger partial charge in [-0.2, -0.15) is 0 Å². The van der Waals surface area contributed by atoms with Crippen LogP contribution < -0.4 is 4.90 Å². The molecule has 0 bridgehead atoms. The largest absolute Gasteiger partial charge is 0.310 e. The summed E-state index contributed by atoms with van der Waals surface area (Å²) < 4.78 is 2.41. The minimum atomic E-state index is -0.0485. The molecule has 0 saturated heterocycles. The first kappa shape index (κ1) is 27.7. The molecule has 9 rings (SSSR count). The number of nitrogens with zero attached hydrogens (tertiary/aromatic N) is 2. The summed E-state index contributed by atoms with van der Waals surface area (Å²) in [4.78, 5) is 2.39. The minimum absolute atomic E-state index is 0.0485. The van der Waals surface area contributed by atoms with Crippen LogP contribution in [-0.4, -0.2) is 4.57 Å². The Morgan fingerprint density at radius 2 is 1.17 bits per heavy atom. The van der Waals surface area contributed by atoms with Gasteiger partial charge in [-0.1, -0.05) is 123 Å². The maximum Gasteiger partial charge on any atom is 0.0540 e. The van der Waals surface area contributed by atoms with Crippen molar-refractivity contribution < 1.29 is 0 Å². The van der Waals surface area contributed by atoms with Gasteiger partial charge in [0.25, 0.3) is 0 Å². The first-order valence-corrected chi connectivity index (χ1v) is 16.6. The van der Waals surface area contributed by atoms with Crippen LogP contribution in [0.5, 0.6) is 0 Å². The second kappa shape index (κ2) is 10.7. The second-order valence-corrected chi connectivity index (χ2v) is 13.4. The number of aromatic nitrogens is 1. The number of allylic oxidation sites excluding steroid dienone is 4. The van der Waals surface area contributed by atoms with Crippen molar-refractivity contribution in [3.63, 3.8) is 0 Å². The molecular formula is C45H36N2. The topological polar surface area (TPSA) is 8.17 Å². The molecule has 0 saturated carbocycles. The molecule has 2 heteroatoms. The maximum atomic E-state index is 2.41. The highest BCUT2D eigenvalue weighted by Gasteiger charge is 2.35. The molecule has 0 amide bonds. The highest BCUT2D eigenvalue weighted by atomic mass is 15.1. The number of anilines is 3. The fourth-order valence-corrected chi connectivity index (χ4v) is 7.95. The van der Waals surface area contributed by atoms with Gasteiger partial charge in [-0.15, -0.1) is 0 Å². The van der Waals surface area contributed by atoms with Crippen LogP contribution in [0.3, 0.4) is 0 Å². The summed E-state index contributed by atoms with van der Waals surface area (Å²) >= 11 is 0. The van der Waals surface area contributed by atoms with Crippen LogP contribution in [0.4, 0.5) is 17.1 Å². The summed E-state index contributed by atoms with van der Waals surface area (Å²) in [6, 6.07) is 53.2. The SMILES string of the molecule is CC1(C)c2ccccc2-c2ccc(N(c3ccccc3)c3ccc(C4C=CC(n5c6ccccc6c6ccccc65)=CC4)cc3)cc21. The lowest BCUT2D eigenvalue weighted by Gasteiger charge is -2.28. The Balaban J connectivity index is 1.04. The van der Waals surface area contributed by atoms with E-state index in [0.29, 0.717) is 5.92 Å². The first-order chi connectivity index (χ1) is 23.1. The van der Waals surface area contributed by atoms with E-state index >= 15 is 0 Å². The van der Waals surface area contributed by atoms with Gasteiger partial charge >= 0.3 is 0 Å². The quantitative estimate of drug-likeness (QED) is 0.190. The second-order valence-electron chi connectivity index (χ2n) is 13.4. The monoisotopic (exact) mass is 604 g/mol. The van der Waals surface area contributed by atoms with Crippen molar-refractivity contribution in [3.8, 4) is 11.1 Å². The van der Waals surface area contributed by atoms with E-state index in [1.807, 2.05) is 0 Å². The smallest absolute Gasteiger partial charge is 0.0540 e. The summed E-state index contributed by atoms with van der Waals surface area (Å²) in [6.07, 6.45) is 8.05. The minimum Gasteiger partial charge on any atom is -0.310 e. The van der Waals surface area contributed by atoms with Crippen LogP contribution >= 0.6 is 0 Å². The lowest BCUT2D eigenvalue weighted by molar-refractivity contribution is 0.660. The average Bonchev–Trinajstić information content (AvgIpc) is 3.58. The van der Waals surface area contributed by atoms with E-state index in [1.165, 1.54) is 61.0 Å². The van der Waals surface area contributed by atoms with Gasteiger partial charge in [0, 0.05) is 44.9 Å². The van der Waals surface area contributed by atoms with Crippen molar-refractivity contribution in [2.24, 2.45) is 0 Å². The van der Waals surface area contributed by atoms with E-state index in [2.05, 4.69) is 187 Å².